The van der Waals surface area contributed by atoms with Gasteiger partial charge in [0.15, 0.2) is 0 Å². The van der Waals surface area contributed by atoms with Crippen LogP contribution in [0, 0.1) is 0 Å². The summed E-state index contributed by atoms with van der Waals surface area (Å²) in [5.41, 5.74) is 2.20. The molecular formula is C11H11F6N3. The number of nitrogens with two attached hydrogens (primary N) is 1. The van der Waals surface area contributed by atoms with Crippen LogP contribution in [0.15, 0.2) is 40.6 Å². The maximum atomic E-state index is 12.7. The van der Waals surface area contributed by atoms with E-state index in [1.54, 1.807) is 0 Å². The lowest BCUT2D eigenvalue weighted by Crippen LogP contribution is -2.26. The smallest absolute Gasteiger partial charge is 0.345 e. The maximum absolute atomic E-state index is 12.7. The van der Waals surface area contributed by atoms with Crippen LogP contribution < -0.4 is 11.1 Å². The Labute approximate surface area is 110 Å². The van der Waals surface area contributed by atoms with E-state index in [0.29, 0.717) is 6.08 Å². The van der Waals surface area contributed by atoms with Gasteiger partial charge in [-0.15, -0.1) is 0 Å². The SMILES string of the molecule is C=C(/C=C(\C=C1/CN=C(CN)N1)C(F)(F)F)C(F)(F)F. The summed E-state index contributed by atoms with van der Waals surface area (Å²) in [4.78, 5) is 3.77. The molecule has 20 heavy (non-hydrogen) atoms. The molecule has 1 rings (SSSR count). The molecule has 0 aromatic heterocycles. The molecule has 0 aromatic rings. The molecule has 0 saturated carbocycles. The van der Waals surface area contributed by atoms with E-state index in [9.17, 15) is 26.3 Å². The normalized spacial score (nSPS) is 19.1. The Hall–Kier alpha value is -1.77. The van der Waals surface area contributed by atoms with E-state index < -0.39 is 23.5 Å². The van der Waals surface area contributed by atoms with Gasteiger partial charge < -0.3 is 11.1 Å². The topological polar surface area (TPSA) is 50.4 Å². The Bertz CT molecular complexity index is 481. The van der Waals surface area contributed by atoms with Crippen LogP contribution in [-0.2, 0) is 0 Å². The quantitative estimate of drug-likeness (QED) is 0.621. The minimum atomic E-state index is -4.94. The molecule has 1 aliphatic heterocycles. The van der Waals surface area contributed by atoms with Crippen molar-refractivity contribution in [3.63, 3.8) is 0 Å². The summed E-state index contributed by atoms with van der Waals surface area (Å²) in [6.07, 6.45) is -9.34. The van der Waals surface area contributed by atoms with E-state index in [0.717, 1.165) is 0 Å². The van der Waals surface area contributed by atoms with E-state index in [2.05, 4.69) is 16.9 Å². The molecule has 0 spiro atoms. The number of nitrogens with zero attached hydrogens (tertiary/aromatic N) is 1. The van der Waals surface area contributed by atoms with Crippen molar-refractivity contribution in [2.24, 2.45) is 10.7 Å². The fraction of sp³-hybridized carbons (Fsp3) is 0.364. The summed E-state index contributed by atoms with van der Waals surface area (Å²) in [6, 6.07) is 0. The number of alkyl halides is 6. The molecule has 0 saturated heterocycles. The highest BCUT2D eigenvalue weighted by molar-refractivity contribution is 5.87. The number of rotatable bonds is 3. The predicted molar refractivity (Wildman–Crippen MR) is 61.9 cm³/mol. The van der Waals surface area contributed by atoms with Crippen LogP contribution >= 0.6 is 0 Å². The number of allylic oxidation sites excluding steroid dienone is 4. The second-order valence-corrected chi connectivity index (χ2v) is 3.88. The number of hydrogen-bond acceptors (Lipinski definition) is 3. The number of halogens is 6. The third-order valence-corrected chi connectivity index (χ3v) is 2.29. The van der Waals surface area contributed by atoms with Crippen LogP contribution in [0.3, 0.4) is 0 Å². The molecular weight excluding hydrogens is 288 g/mol. The van der Waals surface area contributed by atoms with Crippen LogP contribution in [0.4, 0.5) is 26.3 Å². The first-order valence-corrected chi connectivity index (χ1v) is 5.30. The molecule has 1 heterocycles. The lowest BCUT2D eigenvalue weighted by atomic mass is 10.1. The van der Waals surface area contributed by atoms with Crippen molar-refractivity contribution in [2.45, 2.75) is 12.4 Å². The number of hydrogen-bond donors (Lipinski definition) is 2. The predicted octanol–water partition coefficient (Wildman–Crippen LogP) is 2.44. The average Bonchev–Trinajstić information content (AvgIpc) is 2.73. The Kier molecular flexibility index (Phi) is 4.64. The molecule has 0 bridgehead atoms. The van der Waals surface area contributed by atoms with Gasteiger partial charge >= 0.3 is 12.4 Å². The molecule has 112 valence electrons. The van der Waals surface area contributed by atoms with Crippen molar-refractivity contribution < 1.29 is 26.3 Å². The monoisotopic (exact) mass is 299 g/mol. The van der Waals surface area contributed by atoms with Gasteiger partial charge in [-0.05, 0) is 12.2 Å². The van der Waals surface area contributed by atoms with Crippen LogP contribution in [-0.4, -0.2) is 31.3 Å². The lowest BCUT2D eigenvalue weighted by molar-refractivity contribution is -0.0932. The van der Waals surface area contributed by atoms with E-state index in [4.69, 9.17) is 5.73 Å². The molecule has 0 radical (unpaired) electrons. The van der Waals surface area contributed by atoms with Gasteiger partial charge in [0.2, 0.25) is 0 Å². The summed E-state index contributed by atoms with van der Waals surface area (Å²) in [5.74, 6) is 0.271. The van der Waals surface area contributed by atoms with Gasteiger partial charge in [0.1, 0.15) is 5.84 Å². The average molecular weight is 299 g/mol. The molecule has 0 aromatic carbocycles. The third-order valence-electron chi connectivity index (χ3n) is 2.29. The zero-order valence-corrected chi connectivity index (χ0v) is 10.1. The molecule has 0 amide bonds. The van der Waals surface area contributed by atoms with E-state index in [1.165, 1.54) is 0 Å². The van der Waals surface area contributed by atoms with Crippen molar-refractivity contribution in [2.75, 3.05) is 13.1 Å². The third kappa shape index (κ3) is 4.41. The largest absolute Gasteiger partial charge is 0.416 e. The highest BCUT2D eigenvalue weighted by Gasteiger charge is 2.37. The molecule has 0 unspecified atom stereocenters. The van der Waals surface area contributed by atoms with Crippen molar-refractivity contribution >= 4 is 5.84 Å². The van der Waals surface area contributed by atoms with Gasteiger partial charge in [0, 0.05) is 11.3 Å². The summed E-state index contributed by atoms with van der Waals surface area (Å²) in [6.45, 7) is 2.48. The Morgan fingerprint density at radius 3 is 2.25 bits per heavy atom. The summed E-state index contributed by atoms with van der Waals surface area (Å²) in [7, 11) is 0. The maximum Gasteiger partial charge on any atom is 0.416 e. The second-order valence-electron chi connectivity index (χ2n) is 3.88. The van der Waals surface area contributed by atoms with E-state index in [-0.39, 0.29) is 30.7 Å². The molecule has 9 heteroatoms. The molecule has 3 N–H and O–H groups in total. The highest BCUT2D eigenvalue weighted by atomic mass is 19.4. The Morgan fingerprint density at radius 2 is 1.85 bits per heavy atom. The first-order chi connectivity index (χ1) is 9.04. The highest BCUT2D eigenvalue weighted by Crippen LogP contribution is 2.32. The minimum Gasteiger partial charge on any atom is -0.345 e. The number of aliphatic imine (C=N–C) groups is 1. The zero-order chi connectivity index (χ0) is 15.6. The lowest BCUT2D eigenvalue weighted by Gasteiger charge is -2.12. The molecule has 1 aliphatic rings. The van der Waals surface area contributed by atoms with Gasteiger partial charge in [0.25, 0.3) is 0 Å². The Balaban J connectivity index is 3.03. The first kappa shape index (κ1) is 16.3. The van der Waals surface area contributed by atoms with Crippen LogP contribution in [0.1, 0.15) is 0 Å². The zero-order valence-electron chi connectivity index (χ0n) is 10.1. The van der Waals surface area contributed by atoms with E-state index in [1.807, 2.05) is 0 Å². The summed E-state index contributed by atoms with van der Waals surface area (Å²) in [5, 5.41) is 2.49. The summed E-state index contributed by atoms with van der Waals surface area (Å²) >= 11 is 0. The number of nitrogens with one attached hydrogen (secondary N) is 1. The van der Waals surface area contributed by atoms with Crippen molar-refractivity contribution in [1.29, 1.82) is 0 Å². The number of amidine groups is 1. The van der Waals surface area contributed by atoms with Crippen molar-refractivity contribution in [1.82, 2.24) is 5.32 Å². The standard InChI is InChI=1S/C11H11F6N3/c1-6(10(12,13)14)2-7(11(15,16)17)3-8-5-19-9(4-18)20-8/h2-3H,1,4-5,18H2,(H,19,20)/b7-2+,8-3+. The fourth-order valence-electron chi connectivity index (χ4n) is 1.30. The van der Waals surface area contributed by atoms with Gasteiger partial charge in [0.05, 0.1) is 18.7 Å². The van der Waals surface area contributed by atoms with Crippen LogP contribution in [0.2, 0.25) is 0 Å². The van der Waals surface area contributed by atoms with Crippen molar-refractivity contribution in [3.05, 3.63) is 35.6 Å². The second kappa shape index (κ2) is 5.70. The van der Waals surface area contributed by atoms with E-state index >= 15 is 0 Å². The van der Waals surface area contributed by atoms with Crippen LogP contribution in [0.5, 0.6) is 0 Å². The van der Waals surface area contributed by atoms with Gasteiger partial charge in [-0.25, -0.2) is 0 Å². The van der Waals surface area contributed by atoms with Gasteiger partial charge in [-0.3, -0.25) is 4.99 Å². The minimum absolute atomic E-state index is 0.00232. The first-order valence-electron chi connectivity index (χ1n) is 5.30. The van der Waals surface area contributed by atoms with Crippen LogP contribution in [0.25, 0.3) is 0 Å². The van der Waals surface area contributed by atoms with Crippen molar-refractivity contribution in [3.8, 4) is 0 Å². The summed E-state index contributed by atoms with van der Waals surface area (Å²) < 4.78 is 74.8. The molecule has 0 aliphatic carbocycles. The fourth-order valence-corrected chi connectivity index (χ4v) is 1.30. The molecule has 3 nitrogen and oxygen atoms in total. The molecule has 0 fully saturated rings. The molecule has 0 atom stereocenters. The Morgan fingerprint density at radius 1 is 1.25 bits per heavy atom. The van der Waals surface area contributed by atoms with Gasteiger partial charge in [-0.1, -0.05) is 6.58 Å². The van der Waals surface area contributed by atoms with Gasteiger partial charge in [-0.2, -0.15) is 26.3 Å².